The van der Waals surface area contributed by atoms with Crippen LogP contribution in [0.4, 0.5) is 5.00 Å². The third-order valence-corrected chi connectivity index (χ3v) is 3.52. The Balaban J connectivity index is 2.30. The molecule has 1 amide bonds. The average Bonchev–Trinajstić information content (AvgIpc) is 2.87. The van der Waals surface area contributed by atoms with Gasteiger partial charge in [0.15, 0.2) is 0 Å². The van der Waals surface area contributed by atoms with E-state index in [0.29, 0.717) is 28.4 Å². The molecule has 0 aromatic carbocycles. The predicted octanol–water partition coefficient (Wildman–Crippen LogP) is 2.36. The summed E-state index contributed by atoms with van der Waals surface area (Å²) < 4.78 is 0. The zero-order valence-corrected chi connectivity index (χ0v) is 11.8. The number of carbonyl (C=O) groups excluding carboxylic acids is 1. The maximum Gasteiger partial charge on any atom is 0.338 e. The molecule has 0 aliphatic carbocycles. The SMILES string of the molecule is CCc1nnc(C)cc1C(=O)Nc1sccc1C(=O)O. The summed E-state index contributed by atoms with van der Waals surface area (Å²) in [6.07, 6.45) is 0.576. The van der Waals surface area contributed by atoms with Gasteiger partial charge in [-0.15, -0.1) is 11.3 Å². The van der Waals surface area contributed by atoms with Crippen molar-refractivity contribution >= 4 is 28.2 Å². The van der Waals surface area contributed by atoms with Gasteiger partial charge in [-0.1, -0.05) is 6.92 Å². The summed E-state index contributed by atoms with van der Waals surface area (Å²) >= 11 is 1.17. The summed E-state index contributed by atoms with van der Waals surface area (Å²) in [5.41, 5.74) is 1.73. The zero-order valence-electron chi connectivity index (χ0n) is 11.0. The number of carboxylic acid groups (broad SMARTS) is 1. The van der Waals surface area contributed by atoms with Gasteiger partial charge in [0.1, 0.15) is 5.00 Å². The first-order valence-corrected chi connectivity index (χ1v) is 6.86. The van der Waals surface area contributed by atoms with Gasteiger partial charge >= 0.3 is 5.97 Å². The lowest BCUT2D eigenvalue weighted by Gasteiger charge is -2.08. The summed E-state index contributed by atoms with van der Waals surface area (Å²) in [5, 5.41) is 21.5. The average molecular weight is 291 g/mol. The summed E-state index contributed by atoms with van der Waals surface area (Å²) in [6, 6.07) is 3.11. The number of carbonyl (C=O) groups is 2. The van der Waals surface area contributed by atoms with Crippen molar-refractivity contribution in [3.8, 4) is 0 Å². The fourth-order valence-electron chi connectivity index (χ4n) is 1.72. The first-order valence-electron chi connectivity index (χ1n) is 5.98. The van der Waals surface area contributed by atoms with Crippen LogP contribution in [-0.4, -0.2) is 27.2 Å². The number of thiophene rings is 1. The molecule has 0 aliphatic heterocycles. The number of carboxylic acids is 1. The number of aryl methyl sites for hydroxylation is 2. The lowest BCUT2D eigenvalue weighted by Crippen LogP contribution is -2.17. The molecular weight excluding hydrogens is 278 g/mol. The van der Waals surface area contributed by atoms with E-state index in [1.807, 2.05) is 6.92 Å². The molecule has 0 saturated heterocycles. The molecule has 2 aromatic heterocycles. The number of rotatable bonds is 4. The van der Waals surface area contributed by atoms with Crippen LogP contribution in [0.15, 0.2) is 17.5 Å². The van der Waals surface area contributed by atoms with Crippen molar-refractivity contribution in [2.45, 2.75) is 20.3 Å². The molecule has 0 bridgehead atoms. The molecule has 0 aliphatic rings. The van der Waals surface area contributed by atoms with E-state index in [-0.39, 0.29) is 11.5 Å². The van der Waals surface area contributed by atoms with E-state index in [9.17, 15) is 9.59 Å². The van der Waals surface area contributed by atoms with Crippen molar-refractivity contribution in [2.24, 2.45) is 0 Å². The highest BCUT2D eigenvalue weighted by atomic mass is 32.1. The molecule has 2 N–H and O–H groups in total. The molecule has 0 fully saturated rings. The Bertz CT molecular complexity index is 667. The van der Waals surface area contributed by atoms with Gasteiger partial charge in [-0.25, -0.2) is 4.79 Å². The van der Waals surface area contributed by atoms with Crippen LogP contribution in [-0.2, 0) is 6.42 Å². The molecule has 104 valence electrons. The molecule has 2 aromatic rings. The number of anilines is 1. The lowest BCUT2D eigenvalue weighted by atomic mass is 10.1. The number of nitrogens with zero attached hydrogens (tertiary/aromatic N) is 2. The Morgan fingerprint density at radius 1 is 1.35 bits per heavy atom. The van der Waals surface area contributed by atoms with E-state index < -0.39 is 5.97 Å². The summed E-state index contributed by atoms with van der Waals surface area (Å²) in [7, 11) is 0. The molecule has 0 atom stereocenters. The number of hydrogen-bond acceptors (Lipinski definition) is 5. The summed E-state index contributed by atoms with van der Waals surface area (Å²) in [5.74, 6) is -1.44. The van der Waals surface area contributed by atoms with Gasteiger partial charge in [-0.2, -0.15) is 10.2 Å². The third-order valence-electron chi connectivity index (χ3n) is 2.69. The van der Waals surface area contributed by atoms with Crippen LogP contribution in [0, 0.1) is 6.92 Å². The minimum absolute atomic E-state index is 0.0835. The smallest absolute Gasteiger partial charge is 0.338 e. The number of aromatic carboxylic acids is 1. The molecule has 0 unspecified atom stereocenters. The molecule has 0 saturated carbocycles. The highest BCUT2D eigenvalue weighted by Gasteiger charge is 2.17. The second-order valence-electron chi connectivity index (χ2n) is 4.12. The molecule has 20 heavy (non-hydrogen) atoms. The van der Waals surface area contributed by atoms with Gasteiger partial charge in [0.2, 0.25) is 0 Å². The first kappa shape index (κ1) is 14.1. The number of aromatic nitrogens is 2. The lowest BCUT2D eigenvalue weighted by molar-refractivity contribution is 0.0698. The monoisotopic (exact) mass is 291 g/mol. The van der Waals surface area contributed by atoms with Crippen LogP contribution in [0.5, 0.6) is 0 Å². The second kappa shape index (κ2) is 5.79. The Labute approximate surface area is 119 Å². The van der Waals surface area contributed by atoms with Crippen molar-refractivity contribution in [1.29, 1.82) is 0 Å². The Morgan fingerprint density at radius 3 is 2.75 bits per heavy atom. The second-order valence-corrected chi connectivity index (χ2v) is 5.04. The van der Waals surface area contributed by atoms with Crippen molar-refractivity contribution in [3.63, 3.8) is 0 Å². The van der Waals surface area contributed by atoms with Crippen LogP contribution in [0.1, 0.15) is 39.0 Å². The molecule has 0 spiro atoms. The van der Waals surface area contributed by atoms with E-state index in [2.05, 4.69) is 15.5 Å². The first-order chi connectivity index (χ1) is 9.52. The van der Waals surface area contributed by atoms with Gasteiger partial charge in [0, 0.05) is 0 Å². The standard InChI is InChI=1S/C13H13N3O3S/c1-3-10-9(6-7(2)15-16-10)11(17)14-12-8(13(18)19)4-5-20-12/h4-6H,3H2,1-2H3,(H,14,17)(H,18,19). The van der Waals surface area contributed by atoms with Crippen LogP contribution >= 0.6 is 11.3 Å². The number of amides is 1. The maximum absolute atomic E-state index is 12.3. The normalized spacial score (nSPS) is 10.3. The van der Waals surface area contributed by atoms with Gasteiger partial charge < -0.3 is 10.4 Å². The largest absolute Gasteiger partial charge is 0.478 e. The van der Waals surface area contributed by atoms with Crippen LogP contribution in [0.25, 0.3) is 0 Å². The van der Waals surface area contributed by atoms with Crippen molar-refractivity contribution in [3.05, 3.63) is 40.0 Å². The minimum atomic E-state index is -1.07. The Kier molecular flexibility index (Phi) is 4.09. The molecule has 2 heterocycles. The Morgan fingerprint density at radius 2 is 2.10 bits per heavy atom. The van der Waals surface area contributed by atoms with Crippen molar-refractivity contribution < 1.29 is 14.7 Å². The zero-order chi connectivity index (χ0) is 14.7. The van der Waals surface area contributed by atoms with Gasteiger partial charge in [-0.05, 0) is 30.9 Å². The van der Waals surface area contributed by atoms with Crippen LogP contribution in [0.3, 0.4) is 0 Å². The molecule has 7 heteroatoms. The molecule has 6 nitrogen and oxygen atoms in total. The molecular formula is C13H13N3O3S. The van der Waals surface area contributed by atoms with E-state index in [0.717, 1.165) is 0 Å². The van der Waals surface area contributed by atoms with Gasteiger partial charge in [0.25, 0.3) is 5.91 Å². The highest BCUT2D eigenvalue weighted by molar-refractivity contribution is 7.14. The van der Waals surface area contributed by atoms with Crippen molar-refractivity contribution in [2.75, 3.05) is 5.32 Å². The molecule has 0 radical (unpaired) electrons. The summed E-state index contributed by atoms with van der Waals surface area (Å²) in [4.78, 5) is 23.3. The maximum atomic E-state index is 12.3. The van der Waals surface area contributed by atoms with E-state index in [1.165, 1.54) is 17.4 Å². The predicted molar refractivity (Wildman–Crippen MR) is 75.4 cm³/mol. The van der Waals surface area contributed by atoms with Gasteiger partial charge in [0.05, 0.1) is 22.5 Å². The van der Waals surface area contributed by atoms with Crippen molar-refractivity contribution in [1.82, 2.24) is 10.2 Å². The van der Waals surface area contributed by atoms with E-state index in [1.54, 1.807) is 18.4 Å². The minimum Gasteiger partial charge on any atom is -0.478 e. The number of hydrogen-bond donors (Lipinski definition) is 2. The van der Waals surface area contributed by atoms with Crippen LogP contribution in [0.2, 0.25) is 0 Å². The quantitative estimate of drug-likeness (QED) is 0.902. The van der Waals surface area contributed by atoms with Gasteiger partial charge in [-0.3, -0.25) is 4.79 Å². The summed E-state index contributed by atoms with van der Waals surface area (Å²) in [6.45, 7) is 3.63. The third kappa shape index (κ3) is 2.83. The topological polar surface area (TPSA) is 92.2 Å². The highest BCUT2D eigenvalue weighted by Crippen LogP contribution is 2.24. The van der Waals surface area contributed by atoms with Crippen LogP contribution < -0.4 is 5.32 Å². The fraction of sp³-hybridized carbons (Fsp3) is 0.231. The fourth-order valence-corrected chi connectivity index (χ4v) is 2.49. The molecule has 2 rings (SSSR count). The Hall–Kier alpha value is -2.28. The number of nitrogens with one attached hydrogen (secondary N) is 1. The van der Waals surface area contributed by atoms with E-state index >= 15 is 0 Å². The van der Waals surface area contributed by atoms with E-state index in [4.69, 9.17) is 5.11 Å².